The van der Waals surface area contributed by atoms with Crippen LogP contribution in [-0.4, -0.2) is 28.0 Å². The molecule has 5 heteroatoms. The summed E-state index contributed by atoms with van der Waals surface area (Å²) in [5.41, 5.74) is 1.72. The van der Waals surface area contributed by atoms with Gasteiger partial charge in [-0.25, -0.2) is 4.79 Å². The molecule has 1 N–H and O–H groups in total. The lowest BCUT2D eigenvalue weighted by Gasteiger charge is -2.05. The summed E-state index contributed by atoms with van der Waals surface area (Å²) in [5.74, 6) is -0.321. The number of aromatic amines is 1. The van der Waals surface area contributed by atoms with E-state index in [1.54, 1.807) is 12.1 Å². The van der Waals surface area contributed by atoms with Crippen LogP contribution in [0.5, 0.6) is 0 Å². The number of esters is 1. The molecule has 108 valence electrons. The highest BCUT2D eigenvalue weighted by Gasteiger charge is 2.13. The third-order valence-electron chi connectivity index (χ3n) is 3.30. The molecule has 1 aromatic carbocycles. The molecule has 0 spiro atoms. The molecule has 0 aliphatic rings. The molecule has 20 heavy (non-hydrogen) atoms. The van der Waals surface area contributed by atoms with Gasteiger partial charge < -0.3 is 4.74 Å². The van der Waals surface area contributed by atoms with E-state index in [0.29, 0.717) is 23.2 Å². The number of ether oxygens (including phenoxy) is 1. The first-order valence-electron chi connectivity index (χ1n) is 7.29. The van der Waals surface area contributed by atoms with Crippen LogP contribution in [0.3, 0.4) is 0 Å². The van der Waals surface area contributed by atoms with Crippen molar-refractivity contribution in [2.45, 2.75) is 45.4 Å². The minimum absolute atomic E-state index is 0.321. The van der Waals surface area contributed by atoms with Crippen LogP contribution in [0, 0.1) is 0 Å². The summed E-state index contributed by atoms with van der Waals surface area (Å²) >= 11 is 0. The summed E-state index contributed by atoms with van der Waals surface area (Å²) in [6, 6.07) is 5.31. The van der Waals surface area contributed by atoms with Gasteiger partial charge in [-0.15, -0.1) is 0 Å². The van der Waals surface area contributed by atoms with Crippen molar-refractivity contribution in [3.63, 3.8) is 0 Å². The molecule has 0 radical (unpaired) electrons. The highest BCUT2D eigenvalue weighted by molar-refractivity contribution is 6.01. The lowest BCUT2D eigenvalue weighted by atomic mass is 10.1. The van der Waals surface area contributed by atoms with Crippen molar-refractivity contribution in [2.75, 3.05) is 6.61 Å². The highest BCUT2D eigenvalue weighted by atomic mass is 16.5. The molecule has 0 atom stereocenters. The second-order valence-corrected chi connectivity index (χ2v) is 4.90. The molecule has 0 amide bonds. The Balaban J connectivity index is 1.76. The number of nitrogens with zero attached hydrogens (tertiary/aromatic N) is 2. The van der Waals surface area contributed by atoms with E-state index >= 15 is 0 Å². The standard InChI is InChI=1S/C15H21N3O2/c1-2-3-4-5-6-7-11-20-15(19)12-9-8-10-13-14(12)17-18-16-13/h8-10H,2-7,11H2,1H3,(H,16,17,18). The molecule has 1 heterocycles. The Morgan fingerprint density at radius 3 is 2.80 bits per heavy atom. The van der Waals surface area contributed by atoms with Crippen LogP contribution in [0.4, 0.5) is 0 Å². The number of hydrogen-bond acceptors (Lipinski definition) is 4. The van der Waals surface area contributed by atoms with Crippen molar-refractivity contribution >= 4 is 17.0 Å². The number of H-pyrrole nitrogens is 1. The lowest BCUT2D eigenvalue weighted by Crippen LogP contribution is -2.07. The molecule has 5 nitrogen and oxygen atoms in total. The molecule has 0 aliphatic carbocycles. The summed E-state index contributed by atoms with van der Waals surface area (Å²) in [4.78, 5) is 12.0. The van der Waals surface area contributed by atoms with Crippen LogP contribution >= 0.6 is 0 Å². The van der Waals surface area contributed by atoms with Crippen molar-refractivity contribution in [1.29, 1.82) is 0 Å². The number of carbonyl (C=O) groups is 1. The first-order chi connectivity index (χ1) is 9.83. The van der Waals surface area contributed by atoms with Crippen LogP contribution in [0.1, 0.15) is 55.8 Å². The number of aromatic nitrogens is 3. The number of fused-ring (bicyclic) bond motifs is 1. The maximum absolute atomic E-state index is 12.0. The van der Waals surface area contributed by atoms with Crippen molar-refractivity contribution in [3.8, 4) is 0 Å². The maximum Gasteiger partial charge on any atom is 0.340 e. The molecule has 0 bridgehead atoms. The molecule has 2 aromatic rings. The smallest absolute Gasteiger partial charge is 0.340 e. The predicted molar refractivity (Wildman–Crippen MR) is 77.5 cm³/mol. The van der Waals surface area contributed by atoms with Gasteiger partial charge in [0.15, 0.2) is 0 Å². The van der Waals surface area contributed by atoms with Gasteiger partial charge in [-0.2, -0.15) is 15.4 Å². The highest BCUT2D eigenvalue weighted by Crippen LogP contribution is 2.15. The van der Waals surface area contributed by atoms with Gasteiger partial charge in [0.05, 0.1) is 12.2 Å². The monoisotopic (exact) mass is 275 g/mol. The number of unbranched alkanes of at least 4 members (excludes halogenated alkanes) is 5. The Hall–Kier alpha value is -1.91. The normalized spacial score (nSPS) is 10.8. The van der Waals surface area contributed by atoms with E-state index in [1.807, 2.05) is 6.07 Å². The van der Waals surface area contributed by atoms with Crippen LogP contribution in [0.15, 0.2) is 18.2 Å². The van der Waals surface area contributed by atoms with Gasteiger partial charge in [-0.05, 0) is 18.6 Å². The van der Waals surface area contributed by atoms with Crippen LogP contribution < -0.4 is 0 Å². The minimum atomic E-state index is -0.321. The molecule has 0 saturated heterocycles. The SMILES string of the molecule is CCCCCCCCOC(=O)c1cccc2n[nH]nc12. The number of hydrogen-bond donors (Lipinski definition) is 1. The van der Waals surface area contributed by atoms with Gasteiger partial charge >= 0.3 is 5.97 Å². The summed E-state index contributed by atoms with van der Waals surface area (Å²) in [5, 5.41) is 10.5. The summed E-state index contributed by atoms with van der Waals surface area (Å²) in [7, 11) is 0. The summed E-state index contributed by atoms with van der Waals surface area (Å²) in [6.07, 6.45) is 7.04. The fourth-order valence-corrected chi connectivity index (χ4v) is 2.16. The quantitative estimate of drug-likeness (QED) is 0.591. The first-order valence-corrected chi connectivity index (χ1v) is 7.29. The van der Waals surface area contributed by atoms with Gasteiger partial charge in [0, 0.05) is 0 Å². The summed E-state index contributed by atoms with van der Waals surface area (Å²) in [6.45, 7) is 2.67. The van der Waals surface area contributed by atoms with Crippen LogP contribution in [0.25, 0.3) is 11.0 Å². The van der Waals surface area contributed by atoms with E-state index in [-0.39, 0.29) is 5.97 Å². The first kappa shape index (κ1) is 14.5. The van der Waals surface area contributed by atoms with E-state index in [4.69, 9.17) is 4.74 Å². The number of rotatable bonds is 8. The molecule has 0 fully saturated rings. The average Bonchev–Trinajstić information content (AvgIpc) is 2.94. The lowest BCUT2D eigenvalue weighted by molar-refractivity contribution is 0.0500. The van der Waals surface area contributed by atoms with E-state index in [9.17, 15) is 4.79 Å². The van der Waals surface area contributed by atoms with E-state index in [0.717, 1.165) is 12.8 Å². The molecule has 0 unspecified atom stereocenters. The fraction of sp³-hybridized carbons (Fsp3) is 0.533. The number of para-hydroxylation sites is 1. The Labute approximate surface area is 118 Å². The molecule has 2 rings (SSSR count). The van der Waals surface area contributed by atoms with Crippen molar-refractivity contribution in [3.05, 3.63) is 23.8 Å². The number of carbonyl (C=O) groups excluding carboxylic acids is 1. The number of nitrogens with one attached hydrogen (secondary N) is 1. The van der Waals surface area contributed by atoms with E-state index in [2.05, 4.69) is 22.3 Å². The zero-order valence-electron chi connectivity index (χ0n) is 11.9. The zero-order valence-corrected chi connectivity index (χ0v) is 11.9. The molecular formula is C15H21N3O2. The van der Waals surface area contributed by atoms with Crippen LogP contribution in [-0.2, 0) is 4.74 Å². The summed E-state index contributed by atoms with van der Waals surface area (Å²) < 4.78 is 5.29. The van der Waals surface area contributed by atoms with Crippen molar-refractivity contribution < 1.29 is 9.53 Å². The second kappa shape index (κ2) is 7.62. The average molecular weight is 275 g/mol. The Kier molecular flexibility index (Phi) is 5.53. The molecular weight excluding hydrogens is 254 g/mol. The van der Waals surface area contributed by atoms with Crippen molar-refractivity contribution in [2.24, 2.45) is 0 Å². The topological polar surface area (TPSA) is 67.9 Å². The third kappa shape index (κ3) is 3.79. The molecule has 0 saturated carbocycles. The third-order valence-corrected chi connectivity index (χ3v) is 3.30. The van der Waals surface area contributed by atoms with E-state index in [1.165, 1.54) is 25.7 Å². The zero-order chi connectivity index (χ0) is 14.2. The Morgan fingerprint density at radius 1 is 1.15 bits per heavy atom. The Bertz CT molecular complexity index is 551. The van der Waals surface area contributed by atoms with Crippen molar-refractivity contribution in [1.82, 2.24) is 15.4 Å². The van der Waals surface area contributed by atoms with Gasteiger partial charge in [-0.1, -0.05) is 45.1 Å². The molecule has 0 aliphatic heterocycles. The fourth-order valence-electron chi connectivity index (χ4n) is 2.16. The van der Waals surface area contributed by atoms with Gasteiger partial charge in [0.25, 0.3) is 0 Å². The molecule has 1 aromatic heterocycles. The van der Waals surface area contributed by atoms with Gasteiger partial charge in [0.1, 0.15) is 11.0 Å². The predicted octanol–water partition coefficient (Wildman–Crippen LogP) is 3.48. The van der Waals surface area contributed by atoms with Gasteiger partial charge in [0.2, 0.25) is 0 Å². The minimum Gasteiger partial charge on any atom is -0.462 e. The van der Waals surface area contributed by atoms with E-state index < -0.39 is 0 Å². The maximum atomic E-state index is 12.0. The van der Waals surface area contributed by atoms with Gasteiger partial charge in [-0.3, -0.25) is 0 Å². The Morgan fingerprint density at radius 2 is 1.95 bits per heavy atom. The van der Waals surface area contributed by atoms with Crippen LogP contribution in [0.2, 0.25) is 0 Å². The second-order valence-electron chi connectivity index (χ2n) is 4.90. The largest absolute Gasteiger partial charge is 0.462 e. The number of benzene rings is 1.